The van der Waals surface area contributed by atoms with E-state index in [0.717, 1.165) is 18.7 Å². The van der Waals surface area contributed by atoms with Gasteiger partial charge < -0.3 is 15.3 Å². The van der Waals surface area contributed by atoms with Crippen molar-refractivity contribution in [3.05, 3.63) is 29.8 Å². The predicted molar refractivity (Wildman–Crippen MR) is 65.0 cm³/mol. The molecular formula is C11H14N2OS. The molecular weight excluding hydrogens is 208 g/mol. The van der Waals surface area contributed by atoms with Crippen LogP contribution in [0.5, 0.6) is 0 Å². The molecule has 3 nitrogen and oxygen atoms in total. The van der Waals surface area contributed by atoms with Crippen molar-refractivity contribution in [1.82, 2.24) is 4.90 Å². The largest absolute Gasteiger partial charge is 0.395 e. The molecule has 0 atom stereocenters. The van der Waals surface area contributed by atoms with Crippen LogP contribution in [0.3, 0.4) is 0 Å². The van der Waals surface area contributed by atoms with Gasteiger partial charge in [-0.05, 0) is 30.3 Å². The molecule has 0 fully saturated rings. The van der Waals surface area contributed by atoms with Crippen LogP contribution in [0.1, 0.15) is 5.56 Å². The third-order valence-electron chi connectivity index (χ3n) is 2.57. The van der Waals surface area contributed by atoms with Crippen LogP contribution in [0.25, 0.3) is 0 Å². The average molecular weight is 222 g/mol. The molecule has 4 heteroatoms. The fraction of sp³-hybridized carbons (Fsp3) is 0.364. The first-order valence-electron chi connectivity index (χ1n) is 5.06. The number of hydrogen-bond acceptors (Lipinski definition) is 2. The summed E-state index contributed by atoms with van der Waals surface area (Å²) in [4.78, 5) is 2.00. The van der Waals surface area contributed by atoms with Crippen LogP contribution in [0.2, 0.25) is 0 Å². The Hall–Kier alpha value is -1.13. The molecule has 1 aliphatic heterocycles. The van der Waals surface area contributed by atoms with E-state index in [1.54, 1.807) is 0 Å². The van der Waals surface area contributed by atoms with E-state index in [-0.39, 0.29) is 6.61 Å². The number of fused-ring (bicyclic) bond motifs is 1. The van der Waals surface area contributed by atoms with Gasteiger partial charge in [-0.15, -0.1) is 0 Å². The number of benzene rings is 1. The Morgan fingerprint density at radius 1 is 1.40 bits per heavy atom. The summed E-state index contributed by atoms with van der Waals surface area (Å²) in [5, 5.41) is 12.8. The maximum Gasteiger partial charge on any atom is 0.173 e. The zero-order valence-electron chi connectivity index (χ0n) is 8.44. The van der Waals surface area contributed by atoms with Gasteiger partial charge in [-0.1, -0.05) is 18.2 Å². The molecule has 1 heterocycles. The molecule has 2 N–H and O–H groups in total. The van der Waals surface area contributed by atoms with Crippen LogP contribution in [0.15, 0.2) is 24.3 Å². The summed E-state index contributed by atoms with van der Waals surface area (Å²) >= 11 is 5.26. The molecule has 1 aromatic rings. The lowest BCUT2D eigenvalue weighted by atomic mass is 10.1. The minimum atomic E-state index is 0.137. The second-order valence-electron chi connectivity index (χ2n) is 3.55. The van der Waals surface area contributed by atoms with Gasteiger partial charge in [-0.2, -0.15) is 0 Å². The number of nitrogens with zero attached hydrogens (tertiary/aromatic N) is 1. The highest BCUT2D eigenvalue weighted by Gasteiger charge is 2.15. The normalized spacial score (nSPS) is 15.5. The van der Waals surface area contributed by atoms with Crippen molar-refractivity contribution in [1.29, 1.82) is 0 Å². The minimum Gasteiger partial charge on any atom is -0.395 e. The maximum absolute atomic E-state index is 8.92. The highest BCUT2D eigenvalue weighted by Crippen LogP contribution is 2.19. The molecule has 0 spiro atoms. The number of rotatable bonds is 2. The van der Waals surface area contributed by atoms with Crippen molar-refractivity contribution in [2.75, 3.05) is 25.0 Å². The monoisotopic (exact) mass is 222 g/mol. The predicted octanol–water partition coefficient (Wildman–Crippen LogP) is 1.23. The molecule has 1 aromatic carbocycles. The molecule has 0 saturated heterocycles. The number of para-hydroxylation sites is 1. The lowest BCUT2D eigenvalue weighted by Gasteiger charge is -2.21. The van der Waals surface area contributed by atoms with Crippen molar-refractivity contribution in [2.24, 2.45) is 0 Å². The Kier molecular flexibility index (Phi) is 3.18. The third kappa shape index (κ3) is 2.27. The lowest BCUT2D eigenvalue weighted by molar-refractivity contribution is 0.252. The molecule has 0 amide bonds. The Balaban J connectivity index is 2.19. The lowest BCUT2D eigenvalue weighted by Crippen LogP contribution is -2.36. The van der Waals surface area contributed by atoms with Crippen LogP contribution in [-0.4, -0.2) is 34.8 Å². The first-order valence-corrected chi connectivity index (χ1v) is 5.47. The van der Waals surface area contributed by atoms with Crippen LogP contribution in [0.4, 0.5) is 5.69 Å². The molecule has 0 aromatic heterocycles. The summed E-state index contributed by atoms with van der Waals surface area (Å²) in [6.07, 6.45) is 0.962. The van der Waals surface area contributed by atoms with Crippen molar-refractivity contribution in [2.45, 2.75) is 6.42 Å². The van der Waals surface area contributed by atoms with E-state index in [1.165, 1.54) is 5.56 Å². The first-order chi connectivity index (χ1) is 7.31. The summed E-state index contributed by atoms with van der Waals surface area (Å²) in [6.45, 7) is 1.60. The van der Waals surface area contributed by atoms with Gasteiger partial charge in [0, 0.05) is 18.8 Å². The highest BCUT2D eigenvalue weighted by molar-refractivity contribution is 7.80. The summed E-state index contributed by atoms with van der Waals surface area (Å²) < 4.78 is 0. The van der Waals surface area contributed by atoms with Gasteiger partial charge >= 0.3 is 0 Å². The molecule has 0 aliphatic carbocycles. The number of thiocarbonyl (C=S) groups is 1. The zero-order valence-corrected chi connectivity index (χ0v) is 9.26. The Labute approximate surface area is 94.7 Å². The van der Waals surface area contributed by atoms with Gasteiger partial charge in [0.2, 0.25) is 0 Å². The second kappa shape index (κ2) is 4.59. The Bertz CT molecular complexity index is 367. The Morgan fingerprint density at radius 2 is 2.20 bits per heavy atom. The zero-order chi connectivity index (χ0) is 10.7. The van der Waals surface area contributed by atoms with Gasteiger partial charge in [0.1, 0.15) is 0 Å². The molecule has 1 aliphatic rings. The quantitative estimate of drug-likeness (QED) is 0.738. The van der Waals surface area contributed by atoms with E-state index in [9.17, 15) is 0 Å². The maximum atomic E-state index is 8.92. The SMILES string of the molecule is OCCN1CCc2ccccc2NC1=S. The molecule has 15 heavy (non-hydrogen) atoms. The summed E-state index contributed by atoms with van der Waals surface area (Å²) in [6, 6.07) is 8.17. The van der Waals surface area contributed by atoms with Gasteiger partial charge in [0.15, 0.2) is 5.11 Å². The van der Waals surface area contributed by atoms with Crippen molar-refractivity contribution in [3.8, 4) is 0 Å². The smallest absolute Gasteiger partial charge is 0.173 e. The van der Waals surface area contributed by atoms with Gasteiger partial charge in [-0.25, -0.2) is 0 Å². The summed E-state index contributed by atoms with van der Waals surface area (Å²) in [5.41, 5.74) is 2.36. The van der Waals surface area contributed by atoms with E-state index < -0.39 is 0 Å². The molecule has 80 valence electrons. The van der Waals surface area contributed by atoms with E-state index in [4.69, 9.17) is 17.3 Å². The van der Waals surface area contributed by atoms with Gasteiger partial charge in [0.05, 0.1) is 6.61 Å². The van der Waals surface area contributed by atoms with Crippen LogP contribution >= 0.6 is 12.2 Å². The van der Waals surface area contributed by atoms with E-state index >= 15 is 0 Å². The van der Waals surface area contributed by atoms with E-state index in [1.807, 2.05) is 23.1 Å². The molecule has 0 radical (unpaired) electrons. The van der Waals surface area contributed by atoms with Crippen molar-refractivity contribution >= 4 is 23.0 Å². The minimum absolute atomic E-state index is 0.137. The first kappa shape index (κ1) is 10.4. The highest BCUT2D eigenvalue weighted by atomic mass is 32.1. The topological polar surface area (TPSA) is 35.5 Å². The number of hydrogen-bond donors (Lipinski definition) is 2. The number of nitrogens with one attached hydrogen (secondary N) is 1. The number of anilines is 1. The van der Waals surface area contributed by atoms with E-state index in [0.29, 0.717) is 11.7 Å². The molecule has 0 unspecified atom stereocenters. The Morgan fingerprint density at radius 3 is 3.00 bits per heavy atom. The fourth-order valence-electron chi connectivity index (χ4n) is 1.75. The van der Waals surface area contributed by atoms with Crippen molar-refractivity contribution < 1.29 is 5.11 Å². The number of aliphatic hydroxyl groups is 1. The van der Waals surface area contributed by atoms with Crippen LogP contribution < -0.4 is 5.32 Å². The van der Waals surface area contributed by atoms with E-state index in [2.05, 4.69) is 11.4 Å². The molecule has 0 saturated carbocycles. The number of β-amino-alcohol motifs (C(OH)–C–C–N with tert-alkyl or cyclic N) is 1. The fourth-order valence-corrected chi connectivity index (χ4v) is 2.04. The number of aliphatic hydroxyl groups excluding tert-OH is 1. The van der Waals surface area contributed by atoms with Crippen LogP contribution in [-0.2, 0) is 6.42 Å². The molecule has 2 rings (SSSR count). The second-order valence-corrected chi connectivity index (χ2v) is 3.93. The third-order valence-corrected chi connectivity index (χ3v) is 2.93. The van der Waals surface area contributed by atoms with Crippen LogP contribution in [0, 0.1) is 0 Å². The van der Waals surface area contributed by atoms with Crippen molar-refractivity contribution in [3.63, 3.8) is 0 Å². The van der Waals surface area contributed by atoms with Gasteiger partial charge in [0.25, 0.3) is 0 Å². The summed E-state index contributed by atoms with van der Waals surface area (Å²) in [5.74, 6) is 0. The van der Waals surface area contributed by atoms with Gasteiger partial charge in [-0.3, -0.25) is 0 Å². The summed E-state index contributed by atoms with van der Waals surface area (Å²) in [7, 11) is 0. The standard InChI is InChI=1S/C11H14N2OS/c14-8-7-13-6-5-9-3-1-2-4-10(9)12-11(13)15/h1-4,14H,5-8H2,(H,12,15). The average Bonchev–Trinajstić information content (AvgIpc) is 2.40. The molecule has 0 bridgehead atoms.